The SMILES string of the molecule is CNC(=O)c1cc(N)ccc1N[C@H](C)c1ccccc1. The van der Waals surface area contributed by atoms with Crippen molar-refractivity contribution in [2.45, 2.75) is 13.0 Å². The van der Waals surface area contributed by atoms with E-state index in [4.69, 9.17) is 5.73 Å². The first-order valence-corrected chi connectivity index (χ1v) is 6.55. The van der Waals surface area contributed by atoms with Crippen LogP contribution in [0.25, 0.3) is 0 Å². The normalized spacial score (nSPS) is 11.7. The minimum Gasteiger partial charge on any atom is -0.399 e. The molecule has 2 aromatic rings. The summed E-state index contributed by atoms with van der Waals surface area (Å²) in [6.07, 6.45) is 0. The number of anilines is 2. The quantitative estimate of drug-likeness (QED) is 0.748. The summed E-state index contributed by atoms with van der Waals surface area (Å²) < 4.78 is 0. The molecule has 0 aliphatic heterocycles. The van der Waals surface area contributed by atoms with Crippen LogP contribution in [0.5, 0.6) is 0 Å². The summed E-state index contributed by atoms with van der Waals surface area (Å²) in [6, 6.07) is 15.5. The third-order valence-electron chi connectivity index (χ3n) is 3.19. The molecular weight excluding hydrogens is 250 g/mol. The fourth-order valence-corrected chi connectivity index (χ4v) is 2.07. The Balaban J connectivity index is 2.27. The molecule has 1 amide bonds. The van der Waals surface area contributed by atoms with E-state index in [2.05, 4.69) is 29.7 Å². The first kappa shape index (κ1) is 13.9. The lowest BCUT2D eigenvalue weighted by molar-refractivity contribution is 0.0964. The van der Waals surface area contributed by atoms with Gasteiger partial charge in [-0.15, -0.1) is 0 Å². The second-order valence-corrected chi connectivity index (χ2v) is 4.66. The number of hydrogen-bond donors (Lipinski definition) is 3. The Labute approximate surface area is 119 Å². The highest BCUT2D eigenvalue weighted by Crippen LogP contribution is 2.24. The summed E-state index contributed by atoms with van der Waals surface area (Å²) in [6.45, 7) is 2.05. The van der Waals surface area contributed by atoms with Gasteiger partial charge in [0.25, 0.3) is 5.91 Å². The predicted molar refractivity (Wildman–Crippen MR) is 82.7 cm³/mol. The second-order valence-electron chi connectivity index (χ2n) is 4.66. The van der Waals surface area contributed by atoms with Crippen LogP contribution >= 0.6 is 0 Å². The first-order valence-electron chi connectivity index (χ1n) is 6.55. The largest absolute Gasteiger partial charge is 0.399 e. The molecule has 2 aromatic carbocycles. The monoisotopic (exact) mass is 269 g/mol. The van der Waals surface area contributed by atoms with Gasteiger partial charge in [-0.05, 0) is 30.7 Å². The molecule has 0 bridgehead atoms. The Morgan fingerprint density at radius 1 is 1.15 bits per heavy atom. The van der Waals surface area contributed by atoms with Crippen molar-refractivity contribution in [3.05, 3.63) is 59.7 Å². The minimum absolute atomic E-state index is 0.100. The Morgan fingerprint density at radius 2 is 1.85 bits per heavy atom. The van der Waals surface area contributed by atoms with Gasteiger partial charge in [0.15, 0.2) is 0 Å². The van der Waals surface area contributed by atoms with E-state index in [9.17, 15) is 4.79 Å². The average molecular weight is 269 g/mol. The molecule has 4 N–H and O–H groups in total. The van der Waals surface area contributed by atoms with E-state index in [1.165, 1.54) is 0 Å². The number of amides is 1. The lowest BCUT2D eigenvalue weighted by Gasteiger charge is -2.18. The number of nitrogens with one attached hydrogen (secondary N) is 2. The van der Waals surface area contributed by atoms with Crippen molar-refractivity contribution in [1.82, 2.24) is 5.32 Å². The van der Waals surface area contributed by atoms with Gasteiger partial charge in [0, 0.05) is 24.5 Å². The van der Waals surface area contributed by atoms with Crippen molar-refractivity contribution in [3.63, 3.8) is 0 Å². The zero-order valence-corrected chi connectivity index (χ0v) is 11.7. The van der Waals surface area contributed by atoms with E-state index in [-0.39, 0.29) is 11.9 Å². The Morgan fingerprint density at radius 3 is 2.50 bits per heavy atom. The molecule has 4 nitrogen and oxygen atoms in total. The summed E-state index contributed by atoms with van der Waals surface area (Å²) in [5.41, 5.74) is 8.81. The van der Waals surface area contributed by atoms with Crippen LogP contribution < -0.4 is 16.4 Å². The standard InChI is InChI=1S/C16H19N3O/c1-11(12-6-4-3-5-7-12)19-15-9-8-13(17)10-14(15)16(20)18-2/h3-11,19H,17H2,1-2H3,(H,18,20)/t11-/m1/s1. The van der Waals surface area contributed by atoms with E-state index in [0.29, 0.717) is 11.3 Å². The van der Waals surface area contributed by atoms with E-state index in [0.717, 1.165) is 11.3 Å². The van der Waals surface area contributed by atoms with Gasteiger partial charge in [0.2, 0.25) is 0 Å². The van der Waals surface area contributed by atoms with Crippen LogP contribution in [0.1, 0.15) is 28.9 Å². The number of nitrogen functional groups attached to an aromatic ring is 1. The minimum atomic E-state index is -0.153. The maximum atomic E-state index is 11.9. The van der Waals surface area contributed by atoms with Crippen LogP contribution in [-0.2, 0) is 0 Å². The molecule has 0 saturated carbocycles. The van der Waals surface area contributed by atoms with Gasteiger partial charge in [0.1, 0.15) is 0 Å². The van der Waals surface area contributed by atoms with Gasteiger partial charge in [0.05, 0.1) is 5.56 Å². The third kappa shape index (κ3) is 3.09. The van der Waals surface area contributed by atoms with Gasteiger partial charge in [-0.3, -0.25) is 4.79 Å². The fourth-order valence-electron chi connectivity index (χ4n) is 2.07. The summed E-state index contributed by atoms with van der Waals surface area (Å²) in [5.74, 6) is -0.153. The second kappa shape index (κ2) is 6.10. The van der Waals surface area contributed by atoms with E-state index in [1.807, 2.05) is 24.3 Å². The number of carbonyl (C=O) groups is 1. The molecule has 0 unspecified atom stereocenters. The number of rotatable bonds is 4. The molecule has 2 rings (SSSR count). The highest BCUT2D eigenvalue weighted by atomic mass is 16.1. The van der Waals surface area contributed by atoms with Crippen molar-refractivity contribution in [3.8, 4) is 0 Å². The van der Waals surface area contributed by atoms with E-state index >= 15 is 0 Å². The average Bonchev–Trinajstić information content (AvgIpc) is 2.49. The van der Waals surface area contributed by atoms with Gasteiger partial charge in [-0.1, -0.05) is 30.3 Å². The Hall–Kier alpha value is -2.49. The summed E-state index contributed by atoms with van der Waals surface area (Å²) in [5, 5.41) is 5.98. The smallest absolute Gasteiger partial charge is 0.253 e. The fraction of sp³-hybridized carbons (Fsp3) is 0.188. The topological polar surface area (TPSA) is 67.2 Å². The predicted octanol–water partition coefficient (Wildman–Crippen LogP) is 2.80. The van der Waals surface area contributed by atoms with Crippen molar-refractivity contribution < 1.29 is 4.79 Å². The van der Waals surface area contributed by atoms with Gasteiger partial charge in [-0.2, -0.15) is 0 Å². The Kier molecular flexibility index (Phi) is 4.25. The lowest BCUT2D eigenvalue weighted by atomic mass is 10.1. The molecule has 0 aromatic heterocycles. The van der Waals surface area contributed by atoms with Crippen LogP contribution in [-0.4, -0.2) is 13.0 Å². The van der Waals surface area contributed by atoms with Crippen LogP contribution in [0.4, 0.5) is 11.4 Å². The maximum Gasteiger partial charge on any atom is 0.253 e. The number of hydrogen-bond acceptors (Lipinski definition) is 3. The number of benzene rings is 2. The molecule has 0 radical (unpaired) electrons. The van der Waals surface area contributed by atoms with Gasteiger partial charge in [-0.25, -0.2) is 0 Å². The number of nitrogens with two attached hydrogens (primary N) is 1. The maximum absolute atomic E-state index is 11.9. The zero-order valence-electron chi connectivity index (χ0n) is 11.7. The molecule has 0 spiro atoms. The van der Waals surface area contributed by atoms with Crippen molar-refractivity contribution in [2.24, 2.45) is 0 Å². The van der Waals surface area contributed by atoms with Crippen LogP contribution in [0.2, 0.25) is 0 Å². The lowest BCUT2D eigenvalue weighted by Crippen LogP contribution is -2.20. The van der Waals surface area contributed by atoms with E-state index < -0.39 is 0 Å². The molecule has 0 aliphatic rings. The van der Waals surface area contributed by atoms with Crippen molar-refractivity contribution in [1.29, 1.82) is 0 Å². The van der Waals surface area contributed by atoms with Crippen LogP contribution in [0.3, 0.4) is 0 Å². The molecule has 1 atom stereocenters. The summed E-state index contributed by atoms with van der Waals surface area (Å²) in [7, 11) is 1.61. The molecule has 0 aliphatic carbocycles. The molecule has 4 heteroatoms. The molecule has 20 heavy (non-hydrogen) atoms. The summed E-state index contributed by atoms with van der Waals surface area (Å²) in [4.78, 5) is 11.9. The highest BCUT2D eigenvalue weighted by Gasteiger charge is 2.13. The molecule has 0 saturated heterocycles. The van der Waals surface area contributed by atoms with Crippen LogP contribution in [0, 0.1) is 0 Å². The molecule has 0 fully saturated rings. The van der Waals surface area contributed by atoms with Crippen LogP contribution in [0.15, 0.2) is 48.5 Å². The molecule has 104 valence electrons. The summed E-state index contributed by atoms with van der Waals surface area (Å²) >= 11 is 0. The van der Waals surface area contributed by atoms with E-state index in [1.54, 1.807) is 19.2 Å². The van der Waals surface area contributed by atoms with Gasteiger partial charge >= 0.3 is 0 Å². The third-order valence-corrected chi connectivity index (χ3v) is 3.19. The van der Waals surface area contributed by atoms with Crippen molar-refractivity contribution >= 4 is 17.3 Å². The van der Waals surface area contributed by atoms with Gasteiger partial charge < -0.3 is 16.4 Å². The van der Waals surface area contributed by atoms with Crippen molar-refractivity contribution in [2.75, 3.05) is 18.1 Å². The zero-order chi connectivity index (χ0) is 14.5. The Bertz CT molecular complexity index is 596. The number of carbonyl (C=O) groups excluding carboxylic acids is 1. The molecular formula is C16H19N3O. The first-order chi connectivity index (χ1) is 9.61. The molecule has 0 heterocycles. The highest BCUT2D eigenvalue weighted by molar-refractivity contribution is 6.00.